The number of piperidine rings is 1. The summed E-state index contributed by atoms with van der Waals surface area (Å²) in [6.45, 7) is 3.92. The Bertz CT molecular complexity index is 357. The van der Waals surface area contributed by atoms with Gasteiger partial charge in [0.2, 0.25) is 0 Å². The van der Waals surface area contributed by atoms with Crippen molar-refractivity contribution < 1.29 is 4.79 Å². The summed E-state index contributed by atoms with van der Waals surface area (Å²) in [6, 6.07) is 0. The van der Waals surface area contributed by atoms with Gasteiger partial charge in [-0.1, -0.05) is 23.8 Å². The molecule has 86 valence electrons. The van der Waals surface area contributed by atoms with Crippen LogP contribution < -0.4 is 0 Å². The topological polar surface area (TPSA) is 20.3 Å². The molecule has 2 aliphatic rings. The van der Waals surface area contributed by atoms with Gasteiger partial charge in [0.1, 0.15) is 0 Å². The summed E-state index contributed by atoms with van der Waals surface area (Å²) in [5, 5.41) is 0. The van der Waals surface area contributed by atoms with Crippen molar-refractivity contribution in [3.8, 4) is 0 Å². The van der Waals surface area contributed by atoms with Gasteiger partial charge >= 0.3 is 0 Å². The van der Waals surface area contributed by atoms with Gasteiger partial charge in [-0.2, -0.15) is 0 Å². The minimum absolute atomic E-state index is 0.207. The van der Waals surface area contributed by atoms with E-state index >= 15 is 0 Å². The van der Waals surface area contributed by atoms with E-state index in [2.05, 4.69) is 13.0 Å². The zero-order valence-corrected chi connectivity index (χ0v) is 9.91. The zero-order chi connectivity index (χ0) is 11.4. The molecule has 0 N–H and O–H groups in total. The third-order valence-electron chi connectivity index (χ3n) is 3.19. The second-order valence-corrected chi connectivity index (χ2v) is 4.53. The summed E-state index contributed by atoms with van der Waals surface area (Å²) in [5.41, 5.74) is 2.09. The van der Waals surface area contributed by atoms with Crippen LogP contribution in [0, 0.1) is 0 Å². The molecule has 0 aromatic rings. The summed E-state index contributed by atoms with van der Waals surface area (Å²) in [5.74, 6) is 0.207. The highest BCUT2D eigenvalue weighted by molar-refractivity contribution is 5.96. The molecule has 0 unspecified atom stereocenters. The Hall–Kier alpha value is -1.31. The Kier molecular flexibility index (Phi) is 3.60. The molecule has 0 aromatic carbocycles. The minimum Gasteiger partial charge on any atom is -0.339 e. The van der Waals surface area contributed by atoms with Gasteiger partial charge in [-0.15, -0.1) is 0 Å². The molecule has 2 heteroatoms. The first kappa shape index (κ1) is 11.2. The highest BCUT2D eigenvalue weighted by atomic mass is 16.2. The molecule has 2 nitrogen and oxygen atoms in total. The van der Waals surface area contributed by atoms with Crippen LogP contribution in [0.15, 0.2) is 35.5 Å². The van der Waals surface area contributed by atoms with E-state index in [0.29, 0.717) is 0 Å². The molecule has 1 fully saturated rings. The van der Waals surface area contributed by atoms with Crippen molar-refractivity contribution >= 4 is 5.91 Å². The molecule has 0 atom stereocenters. The summed E-state index contributed by atoms with van der Waals surface area (Å²) in [4.78, 5) is 14.2. The van der Waals surface area contributed by atoms with Gasteiger partial charge in [0.15, 0.2) is 0 Å². The number of amides is 1. The first-order valence-corrected chi connectivity index (χ1v) is 6.11. The molecule has 2 rings (SSSR count). The van der Waals surface area contributed by atoms with E-state index in [9.17, 15) is 4.79 Å². The van der Waals surface area contributed by atoms with Gasteiger partial charge in [-0.25, -0.2) is 0 Å². The van der Waals surface area contributed by atoms with Crippen molar-refractivity contribution in [1.29, 1.82) is 0 Å². The number of carbonyl (C=O) groups is 1. The van der Waals surface area contributed by atoms with Gasteiger partial charge < -0.3 is 4.90 Å². The molecule has 0 spiro atoms. The van der Waals surface area contributed by atoms with Crippen LogP contribution in [0.5, 0.6) is 0 Å². The SMILES string of the molecule is CC1=CCC=C(C(=O)N2CCCCC2)C=C1. The maximum Gasteiger partial charge on any atom is 0.253 e. The highest BCUT2D eigenvalue weighted by Gasteiger charge is 2.18. The van der Waals surface area contributed by atoms with Crippen LogP contribution in [0.1, 0.15) is 32.6 Å². The Balaban J connectivity index is 2.04. The molecule has 1 aliphatic heterocycles. The normalized spacial score (nSPS) is 21.2. The first-order chi connectivity index (χ1) is 7.77. The van der Waals surface area contributed by atoms with Crippen LogP contribution in [-0.4, -0.2) is 23.9 Å². The Morgan fingerprint density at radius 3 is 2.62 bits per heavy atom. The van der Waals surface area contributed by atoms with E-state index in [1.54, 1.807) is 0 Å². The fraction of sp³-hybridized carbons (Fsp3) is 0.500. The number of hydrogen-bond acceptors (Lipinski definition) is 1. The lowest BCUT2D eigenvalue weighted by Gasteiger charge is -2.27. The number of nitrogens with zero attached hydrogens (tertiary/aromatic N) is 1. The minimum atomic E-state index is 0.207. The molecular formula is C14H19NO. The quantitative estimate of drug-likeness (QED) is 0.661. The maximum absolute atomic E-state index is 12.2. The zero-order valence-electron chi connectivity index (χ0n) is 9.91. The van der Waals surface area contributed by atoms with E-state index < -0.39 is 0 Å². The van der Waals surface area contributed by atoms with Crippen LogP contribution in [0.25, 0.3) is 0 Å². The van der Waals surface area contributed by atoms with Crippen molar-refractivity contribution in [2.45, 2.75) is 32.6 Å². The summed E-state index contributed by atoms with van der Waals surface area (Å²) < 4.78 is 0. The largest absolute Gasteiger partial charge is 0.339 e. The average molecular weight is 217 g/mol. The molecule has 0 radical (unpaired) electrons. The molecule has 0 aromatic heterocycles. The second-order valence-electron chi connectivity index (χ2n) is 4.53. The van der Waals surface area contributed by atoms with E-state index in [-0.39, 0.29) is 5.91 Å². The standard InChI is InChI=1S/C14H19NO/c1-12-6-5-7-13(9-8-12)14(16)15-10-3-2-4-11-15/h6-9H,2-5,10-11H2,1H3. The lowest BCUT2D eigenvalue weighted by Crippen LogP contribution is -2.36. The first-order valence-electron chi connectivity index (χ1n) is 6.11. The third kappa shape index (κ3) is 2.63. The smallest absolute Gasteiger partial charge is 0.253 e. The Morgan fingerprint density at radius 1 is 1.12 bits per heavy atom. The molecular weight excluding hydrogens is 198 g/mol. The fourth-order valence-corrected chi connectivity index (χ4v) is 2.17. The van der Waals surface area contributed by atoms with E-state index in [1.165, 1.54) is 12.0 Å². The van der Waals surface area contributed by atoms with Gasteiger partial charge in [-0.05, 0) is 38.7 Å². The van der Waals surface area contributed by atoms with E-state index in [4.69, 9.17) is 0 Å². The summed E-state index contributed by atoms with van der Waals surface area (Å²) in [7, 11) is 0. The van der Waals surface area contributed by atoms with Crippen LogP contribution in [0.4, 0.5) is 0 Å². The van der Waals surface area contributed by atoms with E-state index in [0.717, 1.165) is 37.9 Å². The van der Waals surface area contributed by atoms with Crippen LogP contribution in [0.2, 0.25) is 0 Å². The van der Waals surface area contributed by atoms with Crippen molar-refractivity contribution in [1.82, 2.24) is 4.90 Å². The van der Waals surface area contributed by atoms with Gasteiger partial charge in [0.25, 0.3) is 5.91 Å². The molecule has 0 bridgehead atoms. The number of hydrogen-bond donors (Lipinski definition) is 0. The third-order valence-corrected chi connectivity index (χ3v) is 3.19. The van der Waals surface area contributed by atoms with Gasteiger partial charge in [0.05, 0.1) is 0 Å². The van der Waals surface area contributed by atoms with Crippen molar-refractivity contribution in [2.75, 3.05) is 13.1 Å². The van der Waals surface area contributed by atoms with Crippen LogP contribution in [0.3, 0.4) is 0 Å². The maximum atomic E-state index is 12.2. The lowest BCUT2D eigenvalue weighted by atomic mass is 10.1. The monoisotopic (exact) mass is 217 g/mol. The van der Waals surface area contributed by atoms with Gasteiger partial charge in [-0.3, -0.25) is 4.79 Å². The van der Waals surface area contributed by atoms with Crippen molar-refractivity contribution in [2.24, 2.45) is 0 Å². The molecule has 1 amide bonds. The number of carbonyl (C=O) groups excluding carboxylic acids is 1. The predicted octanol–water partition coefficient (Wildman–Crippen LogP) is 2.83. The van der Waals surface area contributed by atoms with E-state index in [1.807, 2.05) is 23.1 Å². The van der Waals surface area contributed by atoms with Crippen LogP contribution >= 0.6 is 0 Å². The highest BCUT2D eigenvalue weighted by Crippen LogP contribution is 2.16. The fourth-order valence-electron chi connectivity index (χ4n) is 2.17. The summed E-state index contributed by atoms with van der Waals surface area (Å²) in [6.07, 6.45) is 12.6. The van der Waals surface area contributed by atoms with Crippen LogP contribution in [-0.2, 0) is 4.79 Å². The molecule has 0 saturated carbocycles. The molecule has 16 heavy (non-hydrogen) atoms. The van der Waals surface area contributed by atoms with Crippen molar-refractivity contribution in [3.05, 3.63) is 35.5 Å². The Labute approximate surface area is 97.3 Å². The molecule has 1 heterocycles. The summed E-state index contributed by atoms with van der Waals surface area (Å²) >= 11 is 0. The lowest BCUT2D eigenvalue weighted by molar-refractivity contribution is -0.127. The Morgan fingerprint density at radius 2 is 1.88 bits per heavy atom. The molecule has 1 saturated heterocycles. The van der Waals surface area contributed by atoms with Crippen molar-refractivity contribution in [3.63, 3.8) is 0 Å². The molecule has 1 aliphatic carbocycles. The number of allylic oxidation sites excluding steroid dienone is 4. The number of rotatable bonds is 1. The number of likely N-dealkylation sites (tertiary alicyclic amines) is 1. The second kappa shape index (κ2) is 5.15. The predicted molar refractivity (Wildman–Crippen MR) is 66.0 cm³/mol. The average Bonchev–Trinajstić information content (AvgIpc) is 2.54. The van der Waals surface area contributed by atoms with Gasteiger partial charge in [0, 0.05) is 18.7 Å².